The van der Waals surface area contributed by atoms with Gasteiger partial charge in [0, 0.05) is 19.0 Å². The largest absolute Gasteiger partial charge is 0.465 e. The van der Waals surface area contributed by atoms with Crippen LogP contribution in [0.15, 0.2) is 18.2 Å². The smallest absolute Gasteiger partial charge is 0.417 e. The standard InChI is InChI=1S/C19H24F3NO4/c1-18(2,3)27-17(25)23-9-5-6-13(11-23)12-7-8-14(16(24)26-4)15(10-12)19(20,21)22/h7-8,10,13H,5-6,9,11H2,1-4H3. The molecule has 0 radical (unpaired) electrons. The van der Waals surface area contributed by atoms with E-state index in [4.69, 9.17) is 4.74 Å². The molecular weight excluding hydrogens is 363 g/mol. The number of benzene rings is 1. The second-order valence-corrected chi connectivity index (χ2v) is 7.56. The van der Waals surface area contributed by atoms with Crippen LogP contribution < -0.4 is 0 Å². The number of halogens is 3. The summed E-state index contributed by atoms with van der Waals surface area (Å²) in [5.74, 6) is -1.30. The molecule has 1 atom stereocenters. The van der Waals surface area contributed by atoms with Gasteiger partial charge in [0.2, 0.25) is 0 Å². The molecule has 0 aromatic heterocycles. The monoisotopic (exact) mass is 387 g/mol. The number of hydrogen-bond acceptors (Lipinski definition) is 4. The first kappa shape index (κ1) is 21.1. The molecule has 1 amide bonds. The molecule has 1 aliphatic rings. The molecule has 150 valence electrons. The van der Waals surface area contributed by atoms with E-state index in [2.05, 4.69) is 4.74 Å². The summed E-state index contributed by atoms with van der Waals surface area (Å²) in [4.78, 5) is 25.4. The fourth-order valence-electron chi connectivity index (χ4n) is 3.08. The first-order valence-corrected chi connectivity index (χ1v) is 8.70. The maximum absolute atomic E-state index is 13.4. The lowest BCUT2D eigenvalue weighted by Crippen LogP contribution is -2.42. The van der Waals surface area contributed by atoms with Gasteiger partial charge in [0.25, 0.3) is 0 Å². The summed E-state index contributed by atoms with van der Waals surface area (Å²) in [6.07, 6.45) is -3.86. The number of ether oxygens (including phenoxy) is 2. The highest BCUT2D eigenvalue weighted by molar-refractivity contribution is 5.91. The number of hydrogen-bond donors (Lipinski definition) is 0. The number of nitrogens with zero attached hydrogens (tertiary/aromatic N) is 1. The van der Waals surface area contributed by atoms with Crippen LogP contribution in [0.5, 0.6) is 0 Å². The fourth-order valence-corrected chi connectivity index (χ4v) is 3.08. The Kier molecular flexibility index (Phi) is 6.07. The van der Waals surface area contributed by atoms with Gasteiger partial charge in [-0.15, -0.1) is 0 Å². The quantitative estimate of drug-likeness (QED) is 0.696. The fraction of sp³-hybridized carbons (Fsp3) is 0.579. The van der Waals surface area contributed by atoms with Crippen LogP contribution in [0, 0.1) is 0 Å². The van der Waals surface area contributed by atoms with E-state index < -0.39 is 35.0 Å². The highest BCUT2D eigenvalue weighted by Crippen LogP contribution is 2.36. The Labute approximate surface area is 156 Å². The third-order valence-electron chi connectivity index (χ3n) is 4.30. The first-order valence-electron chi connectivity index (χ1n) is 8.70. The van der Waals surface area contributed by atoms with Crippen LogP contribution >= 0.6 is 0 Å². The van der Waals surface area contributed by atoms with Crippen LogP contribution in [-0.4, -0.2) is 42.8 Å². The summed E-state index contributed by atoms with van der Waals surface area (Å²) >= 11 is 0. The van der Waals surface area contributed by atoms with Crippen molar-refractivity contribution in [2.45, 2.75) is 51.3 Å². The number of methoxy groups -OCH3 is 1. The number of esters is 1. The molecule has 5 nitrogen and oxygen atoms in total. The molecule has 1 aromatic carbocycles. The average molecular weight is 387 g/mol. The van der Waals surface area contributed by atoms with Crippen molar-refractivity contribution in [3.05, 3.63) is 34.9 Å². The van der Waals surface area contributed by atoms with Crippen molar-refractivity contribution in [2.75, 3.05) is 20.2 Å². The minimum absolute atomic E-state index is 0.265. The highest BCUT2D eigenvalue weighted by atomic mass is 19.4. The molecule has 1 saturated heterocycles. The molecule has 1 fully saturated rings. The normalized spacial score (nSPS) is 18.2. The summed E-state index contributed by atoms with van der Waals surface area (Å²) in [6.45, 7) is 6.04. The highest BCUT2D eigenvalue weighted by Gasteiger charge is 2.37. The van der Waals surface area contributed by atoms with Crippen LogP contribution in [0.2, 0.25) is 0 Å². The van der Waals surface area contributed by atoms with Crippen LogP contribution in [0.3, 0.4) is 0 Å². The summed E-state index contributed by atoms with van der Waals surface area (Å²) in [5, 5.41) is 0. The number of piperidine rings is 1. The molecule has 1 heterocycles. The summed E-state index contributed by atoms with van der Waals surface area (Å²) in [7, 11) is 1.04. The second-order valence-electron chi connectivity index (χ2n) is 7.56. The van der Waals surface area contributed by atoms with Gasteiger partial charge < -0.3 is 14.4 Å². The Hall–Kier alpha value is -2.25. The van der Waals surface area contributed by atoms with E-state index in [-0.39, 0.29) is 12.5 Å². The number of likely N-dealkylation sites (tertiary alicyclic amines) is 1. The molecule has 0 aliphatic carbocycles. The summed E-state index contributed by atoms with van der Waals surface area (Å²) in [5.41, 5.74) is -1.76. The van der Waals surface area contributed by atoms with Gasteiger partial charge in [-0.25, -0.2) is 9.59 Å². The van der Waals surface area contributed by atoms with Crippen molar-refractivity contribution in [3.8, 4) is 0 Å². The van der Waals surface area contributed by atoms with Gasteiger partial charge in [0.15, 0.2) is 0 Å². The van der Waals surface area contributed by atoms with Crippen LogP contribution in [-0.2, 0) is 15.7 Å². The maximum atomic E-state index is 13.4. The number of rotatable bonds is 2. The Morgan fingerprint density at radius 2 is 1.85 bits per heavy atom. The van der Waals surface area contributed by atoms with Crippen molar-refractivity contribution in [3.63, 3.8) is 0 Å². The lowest BCUT2D eigenvalue weighted by atomic mass is 9.88. The van der Waals surface area contributed by atoms with E-state index in [9.17, 15) is 22.8 Å². The third kappa shape index (κ3) is 5.37. The first-order chi connectivity index (χ1) is 12.4. The van der Waals surface area contributed by atoms with E-state index in [1.54, 1.807) is 20.8 Å². The molecule has 2 rings (SSSR count). The third-order valence-corrected chi connectivity index (χ3v) is 4.30. The zero-order valence-corrected chi connectivity index (χ0v) is 15.9. The van der Waals surface area contributed by atoms with Gasteiger partial charge in [0.05, 0.1) is 18.2 Å². The Morgan fingerprint density at radius 3 is 2.41 bits per heavy atom. The SMILES string of the molecule is COC(=O)c1ccc(C2CCCN(C(=O)OC(C)(C)C)C2)cc1C(F)(F)F. The lowest BCUT2D eigenvalue weighted by molar-refractivity contribution is -0.138. The number of carbonyl (C=O) groups excluding carboxylic acids is 2. The molecule has 0 saturated carbocycles. The molecule has 0 spiro atoms. The molecule has 0 N–H and O–H groups in total. The molecule has 1 aromatic rings. The van der Waals surface area contributed by atoms with Gasteiger partial charge in [-0.3, -0.25) is 0 Å². The number of alkyl halides is 3. The summed E-state index contributed by atoms with van der Waals surface area (Å²) in [6, 6.07) is 3.61. The molecular formula is C19H24F3NO4. The number of amides is 1. The van der Waals surface area contributed by atoms with Gasteiger partial charge in [-0.2, -0.15) is 13.2 Å². The Balaban J connectivity index is 2.27. The van der Waals surface area contributed by atoms with Gasteiger partial charge in [-0.05, 0) is 51.3 Å². The van der Waals surface area contributed by atoms with E-state index in [1.165, 1.54) is 11.0 Å². The number of carbonyl (C=O) groups is 2. The average Bonchev–Trinajstić information content (AvgIpc) is 2.58. The summed E-state index contributed by atoms with van der Waals surface area (Å²) < 4.78 is 50.0. The van der Waals surface area contributed by atoms with E-state index in [0.29, 0.717) is 24.9 Å². The van der Waals surface area contributed by atoms with Gasteiger partial charge in [-0.1, -0.05) is 6.07 Å². The van der Waals surface area contributed by atoms with Crippen molar-refractivity contribution in [1.82, 2.24) is 4.90 Å². The zero-order valence-electron chi connectivity index (χ0n) is 15.9. The molecule has 1 unspecified atom stereocenters. The van der Waals surface area contributed by atoms with Crippen molar-refractivity contribution < 1.29 is 32.2 Å². The molecule has 8 heteroatoms. The van der Waals surface area contributed by atoms with Crippen molar-refractivity contribution >= 4 is 12.1 Å². The van der Waals surface area contributed by atoms with Gasteiger partial charge >= 0.3 is 18.2 Å². The second kappa shape index (κ2) is 7.78. The van der Waals surface area contributed by atoms with E-state index in [1.807, 2.05) is 0 Å². The zero-order chi connectivity index (χ0) is 20.4. The van der Waals surface area contributed by atoms with E-state index in [0.717, 1.165) is 19.2 Å². The lowest BCUT2D eigenvalue weighted by Gasteiger charge is -2.34. The Bertz CT molecular complexity index is 710. The van der Waals surface area contributed by atoms with Crippen LogP contribution in [0.25, 0.3) is 0 Å². The van der Waals surface area contributed by atoms with Crippen LogP contribution in [0.4, 0.5) is 18.0 Å². The molecule has 27 heavy (non-hydrogen) atoms. The predicted molar refractivity (Wildman–Crippen MR) is 92.6 cm³/mol. The minimum Gasteiger partial charge on any atom is -0.465 e. The van der Waals surface area contributed by atoms with Crippen molar-refractivity contribution in [2.24, 2.45) is 0 Å². The molecule has 1 aliphatic heterocycles. The Morgan fingerprint density at radius 1 is 1.19 bits per heavy atom. The molecule has 0 bridgehead atoms. The maximum Gasteiger partial charge on any atom is 0.417 e. The predicted octanol–water partition coefficient (Wildman–Crippen LogP) is 4.61. The van der Waals surface area contributed by atoms with Crippen molar-refractivity contribution in [1.29, 1.82) is 0 Å². The topological polar surface area (TPSA) is 55.8 Å². The van der Waals surface area contributed by atoms with Crippen LogP contribution in [0.1, 0.15) is 61.0 Å². The minimum atomic E-state index is -4.68. The van der Waals surface area contributed by atoms with E-state index >= 15 is 0 Å². The van der Waals surface area contributed by atoms with Gasteiger partial charge in [0.1, 0.15) is 5.60 Å².